The van der Waals surface area contributed by atoms with Crippen LogP contribution in [0.15, 0.2) is 36.5 Å². The zero-order chi connectivity index (χ0) is 17.4. The SMILES string of the molecule is O=C(O)c1cnc(C(F)(F)F)cc1-c1ccc(C(F)(F)F)cc1. The molecule has 0 aliphatic carbocycles. The highest BCUT2D eigenvalue weighted by Gasteiger charge is 2.34. The second kappa shape index (κ2) is 5.56. The van der Waals surface area contributed by atoms with E-state index in [1.807, 2.05) is 0 Å². The molecule has 0 saturated carbocycles. The van der Waals surface area contributed by atoms with Crippen LogP contribution in [0.4, 0.5) is 26.3 Å². The number of halogens is 6. The molecule has 1 N–H and O–H groups in total. The van der Waals surface area contributed by atoms with Crippen LogP contribution in [0.25, 0.3) is 11.1 Å². The van der Waals surface area contributed by atoms with Crippen LogP contribution in [0.2, 0.25) is 0 Å². The molecule has 1 aromatic carbocycles. The van der Waals surface area contributed by atoms with Crippen molar-refractivity contribution in [2.24, 2.45) is 0 Å². The Balaban J connectivity index is 2.58. The average molecular weight is 335 g/mol. The zero-order valence-corrected chi connectivity index (χ0v) is 11.0. The maximum atomic E-state index is 12.7. The Morgan fingerprint density at radius 3 is 1.96 bits per heavy atom. The number of benzene rings is 1. The van der Waals surface area contributed by atoms with Gasteiger partial charge >= 0.3 is 18.3 Å². The van der Waals surface area contributed by atoms with E-state index in [1.54, 1.807) is 0 Å². The topological polar surface area (TPSA) is 50.2 Å². The monoisotopic (exact) mass is 335 g/mol. The molecule has 2 rings (SSSR count). The highest BCUT2D eigenvalue weighted by atomic mass is 19.4. The van der Waals surface area contributed by atoms with Crippen molar-refractivity contribution in [2.45, 2.75) is 12.4 Å². The molecule has 122 valence electrons. The van der Waals surface area contributed by atoms with E-state index < -0.39 is 35.1 Å². The van der Waals surface area contributed by atoms with Crippen LogP contribution in [0.1, 0.15) is 21.6 Å². The first-order chi connectivity index (χ1) is 10.5. The summed E-state index contributed by atoms with van der Waals surface area (Å²) in [6.45, 7) is 0. The van der Waals surface area contributed by atoms with Gasteiger partial charge in [0.05, 0.1) is 11.1 Å². The lowest BCUT2D eigenvalue weighted by Crippen LogP contribution is -2.11. The summed E-state index contributed by atoms with van der Waals surface area (Å²) in [4.78, 5) is 14.1. The van der Waals surface area contributed by atoms with Crippen molar-refractivity contribution in [1.82, 2.24) is 4.98 Å². The Hall–Kier alpha value is -2.58. The fourth-order valence-electron chi connectivity index (χ4n) is 1.86. The summed E-state index contributed by atoms with van der Waals surface area (Å²) < 4.78 is 75.5. The minimum Gasteiger partial charge on any atom is -0.478 e. The molecule has 23 heavy (non-hydrogen) atoms. The summed E-state index contributed by atoms with van der Waals surface area (Å²) in [6, 6.07) is 3.63. The third-order valence-corrected chi connectivity index (χ3v) is 2.95. The Kier molecular flexibility index (Phi) is 4.06. The summed E-state index contributed by atoms with van der Waals surface area (Å²) >= 11 is 0. The number of carboxylic acid groups (broad SMARTS) is 1. The smallest absolute Gasteiger partial charge is 0.433 e. The number of hydrogen-bond donors (Lipinski definition) is 1. The summed E-state index contributed by atoms with van der Waals surface area (Å²) in [5.74, 6) is -1.54. The number of rotatable bonds is 2. The van der Waals surface area contributed by atoms with Crippen molar-refractivity contribution in [3.8, 4) is 11.1 Å². The minimum absolute atomic E-state index is 0.0942. The summed E-state index contributed by atoms with van der Waals surface area (Å²) in [5.41, 5.74) is -3.34. The van der Waals surface area contributed by atoms with Crippen LogP contribution in [-0.2, 0) is 12.4 Å². The Labute approximate surface area is 125 Å². The molecular formula is C14H7F6NO2. The van der Waals surface area contributed by atoms with E-state index in [4.69, 9.17) is 5.11 Å². The molecule has 1 aromatic heterocycles. The van der Waals surface area contributed by atoms with E-state index >= 15 is 0 Å². The highest BCUT2D eigenvalue weighted by molar-refractivity contribution is 5.95. The number of nitrogens with zero attached hydrogens (tertiary/aromatic N) is 1. The number of pyridine rings is 1. The third-order valence-electron chi connectivity index (χ3n) is 2.95. The summed E-state index contributed by atoms with van der Waals surface area (Å²) in [6.07, 6.45) is -8.89. The standard InChI is InChI=1S/C14H7F6NO2/c15-13(16,17)8-3-1-7(2-4-8)9-5-11(14(18,19)20)21-6-10(9)12(22)23/h1-6H,(H,22,23). The first-order valence-corrected chi connectivity index (χ1v) is 5.98. The van der Waals surface area contributed by atoms with Gasteiger partial charge < -0.3 is 5.11 Å². The van der Waals surface area contributed by atoms with Gasteiger partial charge in [0.25, 0.3) is 0 Å². The van der Waals surface area contributed by atoms with Gasteiger partial charge in [0.2, 0.25) is 0 Å². The quantitative estimate of drug-likeness (QED) is 0.823. The van der Waals surface area contributed by atoms with Gasteiger partial charge in [0.15, 0.2) is 0 Å². The predicted octanol–water partition coefficient (Wildman–Crippen LogP) is 4.48. The first kappa shape index (κ1) is 16.8. The van der Waals surface area contributed by atoms with E-state index in [2.05, 4.69) is 4.98 Å². The minimum atomic E-state index is -4.81. The van der Waals surface area contributed by atoms with Gasteiger partial charge in [-0.1, -0.05) is 12.1 Å². The Morgan fingerprint density at radius 2 is 1.52 bits per heavy atom. The molecule has 2 aromatic rings. The zero-order valence-electron chi connectivity index (χ0n) is 11.0. The van der Waals surface area contributed by atoms with Crippen LogP contribution >= 0.6 is 0 Å². The first-order valence-electron chi connectivity index (χ1n) is 5.98. The molecule has 0 saturated heterocycles. The highest BCUT2D eigenvalue weighted by Crippen LogP contribution is 2.34. The number of aromatic carboxylic acids is 1. The van der Waals surface area contributed by atoms with Crippen LogP contribution in [0.3, 0.4) is 0 Å². The summed E-state index contributed by atoms with van der Waals surface area (Å²) in [7, 11) is 0. The molecule has 1 heterocycles. The molecule has 0 amide bonds. The molecule has 0 unspecified atom stereocenters. The molecule has 0 atom stereocenters. The van der Waals surface area contributed by atoms with Gasteiger partial charge in [-0.2, -0.15) is 26.3 Å². The van der Waals surface area contributed by atoms with Crippen molar-refractivity contribution in [1.29, 1.82) is 0 Å². The van der Waals surface area contributed by atoms with E-state index in [0.29, 0.717) is 24.4 Å². The van der Waals surface area contributed by atoms with E-state index in [-0.39, 0.29) is 11.1 Å². The molecule has 9 heteroatoms. The lowest BCUT2D eigenvalue weighted by Gasteiger charge is -2.12. The van der Waals surface area contributed by atoms with Gasteiger partial charge in [-0.05, 0) is 29.3 Å². The van der Waals surface area contributed by atoms with Crippen LogP contribution in [0, 0.1) is 0 Å². The van der Waals surface area contributed by atoms with Crippen LogP contribution in [-0.4, -0.2) is 16.1 Å². The third kappa shape index (κ3) is 3.61. The number of carbonyl (C=O) groups is 1. The molecule has 0 spiro atoms. The predicted molar refractivity (Wildman–Crippen MR) is 66.6 cm³/mol. The number of hydrogen-bond acceptors (Lipinski definition) is 2. The number of carboxylic acids is 1. The maximum Gasteiger partial charge on any atom is 0.433 e. The van der Waals surface area contributed by atoms with Crippen molar-refractivity contribution >= 4 is 5.97 Å². The second-order valence-corrected chi connectivity index (χ2v) is 4.49. The molecule has 0 fully saturated rings. The van der Waals surface area contributed by atoms with Gasteiger partial charge in [0, 0.05) is 6.20 Å². The lowest BCUT2D eigenvalue weighted by molar-refractivity contribution is -0.141. The van der Waals surface area contributed by atoms with Gasteiger partial charge in [-0.3, -0.25) is 4.98 Å². The Morgan fingerprint density at radius 1 is 0.957 bits per heavy atom. The fourth-order valence-corrected chi connectivity index (χ4v) is 1.86. The van der Waals surface area contributed by atoms with Crippen molar-refractivity contribution < 1.29 is 36.2 Å². The number of aromatic nitrogens is 1. The molecule has 0 aliphatic heterocycles. The van der Waals surface area contributed by atoms with Crippen molar-refractivity contribution in [3.63, 3.8) is 0 Å². The molecule has 0 radical (unpaired) electrons. The van der Waals surface area contributed by atoms with E-state index in [1.165, 1.54) is 0 Å². The van der Waals surface area contributed by atoms with Crippen molar-refractivity contribution in [3.05, 3.63) is 53.3 Å². The second-order valence-electron chi connectivity index (χ2n) is 4.49. The molecule has 3 nitrogen and oxygen atoms in total. The Bertz CT molecular complexity index is 734. The molecular weight excluding hydrogens is 328 g/mol. The van der Waals surface area contributed by atoms with E-state index in [9.17, 15) is 31.1 Å². The largest absolute Gasteiger partial charge is 0.478 e. The van der Waals surface area contributed by atoms with Crippen molar-refractivity contribution in [2.75, 3.05) is 0 Å². The average Bonchev–Trinajstić information content (AvgIpc) is 2.45. The fraction of sp³-hybridized carbons (Fsp3) is 0.143. The van der Waals surface area contributed by atoms with Crippen LogP contribution in [0.5, 0.6) is 0 Å². The normalized spacial score (nSPS) is 12.3. The van der Waals surface area contributed by atoms with Gasteiger partial charge in [-0.15, -0.1) is 0 Å². The van der Waals surface area contributed by atoms with Gasteiger partial charge in [-0.25, -0.2) is 4.79 Å². The van der Waals surface area contributed by atoms with Crippen LogP contribution < -0.4 is 0 Å². The summed E-state index contributed by atoms with van der Waals surface area (Å²) in [5, 5.41) is 9.00. The lowest BCUT2D eigenvalue weighted by atomic mass is 9.99. The van der Waals surface area contributed by atoms with E-state index in [0.717, 1.165) is 12.1 Å². The maximum absolute atomic E-state index is 12.7. The molecule has 0 bridgehead atoms. The number of alkyl halides is 6. The van der Waals surface area contributed by atoms with Gasteiger partial charge in [0.1, 0.15) is 5.69 Å². The molecule has 0 aliphatic rings.